The molecule has 9 heteroatoms. The van der Waals surface area contributed by atoms with Crippen LogP contribution in [0.1, 0.15) is 5.82 Å². The Bertz CT molecular complexity index is 1280. The molecular formula is C20H15N5OS3. The van der Waals surface area contributed by atoms with Gasteiger partial charge in [0.25, 0.3) is 0 Å². The second-order valence-corrected chi connectivity index (χ2v) is 9.00. The predicted molar refractivity (Wildman–Crippen MR) is 117 cm³/mol. The zero-order chi connectivity index (χ0) is 19.8. The molecule has 5 rings (SSSR count). The summed E-state index contributed by atoms with van der Waals surface area (Å²) in [6, 6.07) is 14.3. The lowest BCUT2D eigenvalue weighted by molar-refractivity contribution is 0.266. The smallest absolute Gasteiger partial charge is 0.197 e. The summed E-state index contributed by atoms with van der Waals surface area (Å²) in [4.78, 5) is 11.7. The third-order valence-electron chi connectivity index (χ3n) is 4.48. The van der Waals surface area contributed by atoms with E-state index in [0.29, 0.717) is 16.8 Å². The fourth-order valence-electron chi connectivity index (χ4n) is 2.99. The number of benzene rings is 1. The molecule has 1 N–H and O–H groups in total. The molecule has 144 valence electrons. The van der Waals surface area contributed by atoms with Gasteiger partial charge >= 0.3 is 0 Å². The molecule has 0 amide bonds. The Hall–Kier alpha value is -2.59. The summed E-state index contributed by atoms with van der Waals surface area (Å²) in [7, 11) is 1.85. The van der Waals surface area contributed by atoms with E-state index in [-0.39, 0.29) is 6.61 Å². The van der Waals surface area contributed by atoms with Crippen LogP contribution in [0.15, 0.2) is 63.4 Å². The molecule has 0 unspecified atom stereocenters. The van der Waals surface area contributed by atoms with Crippen LogP contribution in [0.25, 0.3) is 32.0 Å². The maximum absolute atomic E-state index is 9.44. The second-order valence-electron chi connectivity index (χ2n) is 6.24. The Morgan fingerprint density at radius 3 is 2.62 bits per heavy atom. The summed E-state index contributed by atoms with van der Waals surface area (Å²) in [5.74, 6) is 1.23. The number of rotatable bonds is 5. The predicted octanol–water partition coefficient (Wildman–Crippen LogP) is 4.86. The Balaban J connectivity index is 1.71. The topological polar surface area (TPSA) is 76.7 Å². The van der Waals surface area contributed by atoms with Gasteiger partial charge in [-0.1, -0.05) is 36.4 Å². The van der Waals surface area contributed by atoms with Crippen LogP contribution in [0.4, 0.5) is 0 Å². The van der Waals surface area contributed by atoms with E-state index in [4.69, 9.17) is 9.97 Å². The monoisotopic (exact) mass is 437 g/mol. The van der Waals surface area contributed by atoms with Gasteiger partial charge in [-0.2, -0.15) is 0 Å². The van der Waals surface area contributed by atoms with E-state index in [9.17, 15) is 5.11 Å². The molecule has 0 bridgehead atoms. The molecule has 4 aromatic heterocycles. The maximum atomic E-state index is 9.44. The number of thiophene rings is 2. The van der Waals surface area contributed by atoms with Crippen LogP contribution in [0.3, 0.4) is 0 Å². The first-order valence-electron chi connectivity index (χ1n) is 8.80. The van der Waals surface area contributed by atoms with Gasteiger partial charge in [0.1, 0.15) is 16.5 Å². The Labute approximate surface area is 178 Å². The molecule has 4 heterocycles. The molecule has 0 fully saturated rings. The van der Waals surface area contributed by atoms with E-state index in [1.165, 1.54) is 11.8 Å². The van der Waals surface area contributed by atoms with Gasteiger partial charge < -0.3 is 9.67 Å². The van der Waals surface area contributed by atoms with Crippen molar-refractivity contribution in [3.8, 4) is 21.8 Å². The van der Waals surface area contributed by atoms with Gasteiger partial charge in [0, 0.05) is 18.0 Å². The van der Waals surface area contributed by atoms with E-state index in [2.05, 4.69) is 27.7 Å². The average molecular weight is 438 g/mol. The van der Waals surface area contributed by atoms with E-state index >= 15 is 0 Å². The number of fused-ring (bicyclic) bond motifs is 1. The minimum Gasteiger partial charge on any atom is -0.388 e. The lowest BCUT2D eigenvalue weighted by atomic mass is 10.1. The molecule has 0 aliphatic heterocycles. The first kappa shape index (κ1) is 18.4. The van der Waals surface area contributed by atoms with E-state index < -0.39 is 0 Å². The molecule has 0 radical (unpaired) electrons. The third kappa shape index (κ3) is 3.36. The van der Waals surface area contributed by atoms with Crippen molar-refractivity contribution < 1.29 is 5.11 Å². The van der Waals surface area contributed by atoms with Crippen molar-refractivity contribution >= 4 is 44.7 Å². The SMILES string of the molecule is Cn1c(CO)nnc1Sc1nc(-c2cccs2)nc2scc(-c3ccccc3)c12. The standard InChI is InChI=1S/C20H15N5OS3/c1-25-15(10-26)23-24-20(25)29-19-16-13(12-6-3-2-4-7-12)11-28-18(16)21-17(22-19)14-8-5-9-27-14/h2-9,11,26H,10H2,1H3. The van der Waals surface area contributed by atoms with Crippen molar-refractivity contribution in [1.29, 1.82) is 0 Å². The van der Waals surface area contributed by atoms with Gasteiger partial charge in [-0.15, -0.1) is 32.9 Å². The molecule has 6 nitrogen and oxygen atoms in total. The highest BCUT2D eigenvalue weighted by atomic mass is 32.2. The molecule has 0 aliphatic rings. The quantitative estimate of drug-likeness (QED) is 0.396. The number of hydrogen-bond acceptors (Lipinski definition) is 8. The Kier molecular flexibility index (Phi) is 4.88. The molecule has 0 atom stereocenters. The molecule has 1 aromatic carbocycles. The molecule has 0 saturated carbocycles. The highest BCUT2D eigenvalue weighted by Crippen LogP contribution is 2.41. The molecule has 29 heavy (non-hydrogen) atoms. The van der Waals surface area contributed by atoms with Gasteiger partial charge in [-0.25, -0.2) is 9.97 Å². The molecule has 0 spiro atoms. The number of aliphatic hydroxyl groups is 1. The normalized spacial score (nSPS) is 11.4. The summed E-state index contributed by atoms with van der Waals surface area (Å²) in [6.45, 7) is -0.155. The van der Waals surface area contributed by atoms with Crippen LogP contribution >= 0.6 is 34.4 Å². The van der Waals surface area contributed by atoms with E-state index in [1.807, 2.05) is 42.8 Å². The van der Waals surface area contributed by atoms with Gasteiger partial charge in [0.05, 0.1) is 10.3 Å². The number of nitrogens with zero attached hydrogens (tertiary/aromatic N) is 5. The minimum atomic E-state index is -0.155. The third-order valence-corrected chi connectivity index (χ3v) is 7.25. The largest absolute Gasteiger partial charge is 0.388 e. The summed E-state index contributed by atoms with van der Waals surface area (Å²) in [6.07, 6.45) is 0. The van der Waals surface area contributed by atoms with Crippen LogP contribution in [0.2, 0.25) is 0 Å². The minimum absolute atomic E-state index is 0.155. The lowest BCUT2D eigenvalue weighted by Crippen LogP contribution is -1.99. The number of aromatic nitrogens is 5. The summed E-state index contributed by atoms with van der Waals surface area (Å²) < 4.78 is 1.79. The van der Waals surface area contributed by atoms with Crippen molar-refractivity contribution in [3.63, 3.8) is 0 Å². The number of hydrogen-bond donors (Lipinski definition) is 1. The second kappa shape index (κ2) is 7.68. The van der Waals surface area contributed by atoms with Crippen LogP contribution in [-0.2, 0) is 13.7 Å². The van der Waals surface area contributed by atoms with Crippen LogP contribution in [0, 0.1) is 0 Å². The van der Waals surface area contributed by atoms with Crippen LogP contribution in [0.5, 0.6) is 0 Å². The zero-order valence-corrected chi connectivity index (χ0v) is 17.8. The summed E-state index contributed by atoms with van der Waals surface area (Å²) in [5.41, 5.74) is 2.23. The summed E-state index contributed by atoms with van der Waals surface area (Å²) in [5, 5.41) is 24.4. The zero-order valence-electron chi connectivity index (χ0n) is 15.3. The van der Waals surface area contributed by atoms with Gasteiger partial charge in [-0.05, 0) is 28.8 Å². The molecule has 0 saturated heterocycles. The van der Waals surface area contributed by atoms with Gasteiger partial charge in [0.15, 0.2) is 16.8 Å². The maximum Gasteiger partial charge on any atom is 0.197 e. The lowest BCUT2D eigenvalue weighted by Gasteiger charge is -2.07. The fourth-order valence-corrected chi connectivity index (χ4v) is 5.59. The van der Waals surface area contributed by atoms with E-state index in [0.717, 1.165) is 31.2 Å². The number of aliphatic hydroxyl groups excluding tert-OH is 1. The van der Waals surface area contributed by atoms with Crippen LogP contribution in [-0.4, -0.2) is 29.8 Å². The van der Waals surface area contributed by atoms with Crippen molar-refractivity contribution in [2.45, 2.75) is 16.8 Å². The van der Waals surface area contributed by atoms with Crippen LogP contribution < -0.4 is 0 Å². The highest BCUT2D eigenvalue weighted by Gasteiger charge is 2.19. The van der Waals surface area contributed by atoms with Crippen molar-refractivity contribution in [2.24, 2.45) is 7.05 Å². The first-order valence-corrected chi connectivity index (χ1v) is 11.4. The highest BCUT2D eigenvalue weighted by molar-refractivity contribution is 7.99. The van der Waals surface area contributed by atoms with Crippen molar-refractivity contribution in [3.05, 3.63) is 59.0 Å². The Morgan fingerprint density at radius 1 is 1.03 bits per heavy atom. The average Bonchev–Trinajstić information content (AvgIpc) is 3.49. The van der Waals surface area contributed by atoms with Crippen molar-refractivity contribution in [2.75, 3.05) is 0 Å². The van der Waals surface area contributed by atoms with Gasteiger partial charge in [-0.3, -0.25) is 0 Å². The fraction of sp³-hybridized carbons (Fsp3) is 0.100. The molecule has 0 aliphatic carbocycles. The molecule has 5 aromatic rings. The summed E-state index contributed by atoms with van der Waals surface area (Å²) >= 11 is 4.68. The first-order chi connectivity index (χ1) is 14.2. The van der Waals surface area contributed by atoms with Gasteiger partial charge in [0.2, 0.25) is 0 Å². The Morgan fingerprint density at radius 2 is 1.90 bits per heavy atom. The molecular weight excluding hydrogens is 422 g/mol. The van der Waals surface area contributed by atoms with Crippen molar-refractivity contribution in [1.82, 2.24) is 24.7 Å². The van der Waals surface area contributed by atoms with E-state index in [1.54, 1.807) is 27.2 Å².